The van der Waals surface area contributed by atoms with Gasteiger partial charge in [0.05, 0.1) is 19.8 Å². The van der Waals surface area contributed by atoms with Crippen LogP contribution in [0.3, 0.4) is 0 Å². The predicted molar refractivity (Wildman–Crippen MR) is 139 cm³/mol. The van der Waals surface area contributed by atoms with Crippen LogP contribution in [0.4, 0.5) is 14.0 Å². The lowest BCUT2D eigenvalue weighted by molar-refractivity contribution is -0.0107. The van der Waals surface area contributed by atoms with Gasteiger partial charge in [0.2, 0.25) is 0 Å². The Morgan fingerprint density at radius 1 is 1.24 bits per heavy atom. The molecule has 2 saturated heterocycles. The number of nitrogens with zero attached hydrogens (tertiary/aromatic N) is 1. The van der Waals surface area contributed by atoms with E-state index in [9.17, 15) is 14.0 Å². The lowest BCUT2D eigenvalue weighted by Crippen LogP contribution is -2.52. The van der Waals surface area contributed by atoms with Crippen LogP contribution >= 0.6 is 0 Å². The maximum absolute atomic E-state index is 14.9. The molecule has 208 valence electrons. The number of ether oxygens (including phenoxy) is 3. The summed E-state index contributed by atoms with van der Waals surface area (Å²) in [5.41, 5.74) is 1.42. The van der Waals surface area contributed by atoms with E-state index in [1.165, 1.54) is 13.2 Å². The number of carbonyl (C=O) groups is 2. The normalized spacial score (nSPS) is 20.2. The largest absolute Gasteiger partial charge is 0.453 e. The Labute approximate surface area is 219 Å². The molecular formula is C27H43FN4O5. The summed E-state index contributed by atoms with van der Waals surface area (Å²) in [7, 11) is 3.20. The van der Waals surface area contributed by atoms with E-state index in [0.29, 0.717) is 31.1 Å². The standard InChI is InChI=1S/C27H43FN4O5/c1-19-6-7-24(28)23(15-19)25(37-14-10-30-27(34)35-3)21-5-4-11-32(18-21)26(33)31-22(17-29-2)16-20-8-12-36-13-9-20/h6-7,15,20-22,25,29H,4-5,8-14,16-18H2,1-3H3,(H,30,34)(H,31,33)/t21-,22+,25-/m1/s1. The zero-order valence-electron chi connectivity index (χ0n) is 22.4. The molecule has 3 atom stereocenters. The molecule has 2 aliphatic rings. The van der Waals surface area contributed by atoms with Crippen molar-refractivity contribution in [2.45, 2.75) is 51.2 Å². The first kappa shape index (κ1) is 29.1. The number of hydrogen-bond donors (Lipinski definition) is 3. The minimum Gasteiger partial charge on any atom is -0.453 e. The van der Waals surface area contributed by atoms with Gasteiger partial charge in [-0.25, -0.2) is 14.0 Å². The Balaban J connectivity index is 1.66. The summed E-state index contributed by atoms with van der Waals surface area (Å²) < 4.78 is 31.2. The zero-order valence-corrected chi connectivity index (χ0v) is 22.4. The molecule has 0 aliphatic carbocycles. The molecule has 0 spiro atoms. The maximum atomic E-state index is 14.9. The average molecular weight is 523 g/mol. The Morgan fingerprint density at radius 2 is 2.03 bits per heavy atom. The van der Waals surface area contributed by atoms with Crippen LogP contribution in [0.15, 0.2) is 18.2 Å². The SMILES string of the molecule is CNC[C@H](CC1CCOCC1)NC(=O)N1CCC[C@@H]([C@@H](OCCNC(=O)OC)c2cc(C)ccc2F)C1. The smallest absolute Gasteiger partial charge is 0.406 e. The van der Waals surface area contributed by atoms with Crippen molar-refractivity contribution in [2.75, 3.05) is 60.2 Å². The molecule has 0 radical (unpaired) electrons. The molecule has 37 heavy (non-hydrogen) atoms. The minimum atomic E-state index is -0.542. The first-order chi connectivity index (χ1) is 17.9. The van der Waals surface area contributed by atoms with Crippen LogP contribution in [-0.4, -0.2) is 83.2 Å². The molecule has 0 saturated carbocycles. The van der Waals surface area contributed by atoms with Crippen LogP contribution in [-0.2, 0) is 14.2 Å². The van der Waals surface area contributed by atoms with Gasteiger partial charge in [-0.1, -0.05) is 17.7 Å². The number of alkyl carbamates (subject to hydrolysis) is 1. The fourth-order valence-electron chi connectivity index (χ4n) is 5.30. The molecule has 3 rings (SSSR count). The molecule has 0 unspecified atom stereocenters. The van der Waals surface area contributed by atoms with Gasteiger partial charge in [0.1, 0.15) is 5.82 Å². The first-order valence-electron chi connectivity index (χ1n) is 13.4. The maximum Gasteiger partial charge on any atom is 0.406 e. The number of methoxy groups -OCH3 is 1. The van der Waals surface area contributed by atoms with Crippen molar-refractivity contribution in [3.05, 3.63) is 35.1 Å². The molecule has 1 aromatic carbocycles. The summed E-state index contributed by atoms with van der Waals surface area (Å²) in [5, 5.41) is 9.03. The van der Waals surface area contributed by atoms with Crippen LogP contribution in [0.25, 0.3) is 0 Å². The number of hydrogen-bond acceptors (Lipinski definition) is 6. The van der Waals surface area contributed by atoms with Crippen molar-refractivity contribution in [1.29, 1.82) is 0 Å². The second-order valence-electron chi connectivity index (χ2n) is 10.1. The van der Waals surface area contributed by atoms with E-state index in [1.54, 1.807) is 6.07 Å². The van der Waals surface area contributed by atoms with E-state index in [4.69, 9.17) is 9.47 Å². The van der Waals surface area contributed by atoms with Crippen molar-refractivity contribution in [1.82, 2.24) is 20.9 Å². The third-order valence-electron chi connectivity index (χ3n) is 7.22. The minimum absolute atomic E-state index is 0.0339. The monoisotopic (exact) mass is 522 g/mol. The zero-order chi connectivity index (χ0) is 26.6. The van der Waals surface area contributed by atoms with Gasteiger partial charge in [-0.15, -0.1) is 0 Å². The second-order valence-corrected chi connectivity index (χ2v) is 10.1. The van der Waals surface area contributed by atoms with Gasteiger partial charge in [-0.05, 0) is 58.1 Å². The van der Waals surface area contributed by atoms with Gasteiger partial charge in [0.25, 0.3) is 0 Å². The predicted octanol–water partition coefficient (Wildman–Crippen LogP) is 3.37. The van der Waals surface area contributed by atoms with Crippen molar-refractivity contribution in [3.8, 4) is 0 Å². The number of likely N-dealkylation sites (tertiary alicyclic amines) is 1. The molecule has 10 heteroatoms. The van der Waals surface area contributed by atoms with Crippen molar-refractivity contribution >= 4 is 12.1 Å². The highest BCUT2D eigenvalue weighted by Crippen LogP contribution is 2.35. The number of benzene rings is 1. The van der Waals surface area contributed by atoms with Gasteiger partial charge < -0.3 is 35.1 Å². The van der Waals surface area contributed by atoms with Gasteiger partial charge in [-0.3, -0.25) is 0 Å². The highest BCUT2D eigenvalue weighted by molar-refractivity contribution is 5.74. The van der Waals surface area contributed by atoms with E-state index >= 15 is 0 Å². The van der Waals surface area contributed by atoms with E-state index in [-0.39, 0.29) is 37.0 Å². The van der Waals surface area contributed by atoms with E-state index in [1.807, 2.05) is 24.9 Å². The Hall–Kier alpha value is -2.43. The highest BCUT2D eigenvalue weighted by Gasteiger charge is 2.33. The molecule has 9 nitrogen and oxygen atoms in total. The highest BCUT2D eigenvalue weighted by atomic mass is 19.1. The third kappa shape index (κ3) is 9.12. The summed E-state index contributed by atoms with van der Waals surface area (Å²) in [4.78, 5) is 26.5. The Morgan fingerprint density at radius 3 is 2.76 bits per heavy atom. The van der Waals surface area contributed by atoms with Gasteiger partial charge in [0, 0.05) is 56.9 Å². The quantitative estimate of drug-likeness (QED) is 0.385. The Bertz CT molecular complexity index is 867. The number of piperidine rings is 1. The lowest BCUT2D eigenvalue weighted by atomic mass is 9.87. The molecule has 3 N–H and O–H groups in total. The number of urea groups is 1. The van der Waals surface area contributed by atoms with Crippen molar-refractivity contribution in [2.24, 2.45) is 11.8 Å². The van der Waals surface area contributed by atoms with E-state index in [2.05, 4.69) is 20.7 Å². The fraction of sp³-hybridized carbons (Fsp3) is 0.704. The molecule has 2 aliphatic heterocycles. The van der Waals surface area contributed by atoms with Gasteiger partial charge >= 0.3 is 12.1 Å². The molecule has 2 heterocycles. The molecule has 0 bridgehead atoms. The number of likely N-dealkylation sites (N-methyl/N-ethyl adjacent to an activating group) is 1. The molecule has 2 fully saturated rings. The molecule has 3 amide bonds. The lowest BCUT2D eigenvalue weighted by Gasteiger charge is -2.38. The van der Waals surface area contributed by atoms with Crippen LogP contribution in [0, 0.1) is 24.6 Å². The topological polar surface area (TPSA) is 101 Å². The van der Waals surface area contributed by atoms with Crippen LogP contribution < -0.4 is 16.0 Å². The summed E-state index contributed by atoms with van der Waals surface area (Å²) >= 11 is 0. The number of rotatable bonds is 11. The van der Waals surface area contributed by atoms with Crippen LogP contribution in [0.1, 0.15) is 49.3 Å². The first-order valence-corrected chi connectivity index (χ1v) is 13.4. The summed E-state index contributed by atoms with van der Waals surface area (Å²) in [6.45, 7) is 5.75. The number of amides is 3. The van der Waals surface area contributed by atoms with Crippen LogP contribution in [0.2, 0.25) is 0 Å². The summed E-state index contributed by atoms with van der Waals surface area (Å²) in [6, 6.07) is 4.94. The van der Waals surface area contributed by atoms with Gasteiger partial charge in [0.15, 0.2) is 0 Å². The molecule has 0 aromatic heterocycles. The number of aryl methyl sites for hydroxylation is 1. The molecular weight excluding hydrogens is 479 g/mol. The van der Waals surface area contributed by atoms with Crippen molar-refractivity contribution < 1.29 is 28.2 Å². The van der Waals surface area contributed by atoms with E-state index < -0.39 is 12.2 Å². The molecule has 1 aromatic rings. The Kier molecular flexibility index (Phi) is 11.9. The van der Waals surface area contributed by atoms with Gasteiger partial charge in [-0.2, -0.15) is 0 Å². The number of nitrogens with one attached hydrogen (secondary N) is 3. The number of carbonyl (C=O) groups excluding carboxylic acids is 2. The summed E-state index contributed by atoms with van der Waals surface area (Å²) in [5.74, 6) is 0.137. The third-order valence-corrected chi connectivity index (χ3v) is 7.22. The second kappa shape index (κ2) is 15.1. The van der Waals surface area contributed by atoms with Crippen molar-refractivity contribution in [3.63, 3.8) is 0 Å². The summed E-state index contributed by atoms with van der Waals surface area (Å²) in [6.07, 6.45) is 3.50. The average Bonchev–Trinajstić information content (AvgIpc) is 2.91. The van der Waals surface area contributed by atoms with Crippen LogP contribution in [0.5, 0.6) is 0 Å². The fourth-order valence-corrected chi connectivity index (χ4v) is 5.30. The number of halogens is 1. The van der Waals surface area contributed by atoms with E-state index in [0.717, 1.165) is 50.9 Å².